The molecule has 5 heteroatoms. The minimum atomic E-state index is -0.0907. The number of rotatable bonds is 4. The first kappa shape index (κ1) is 16.0. The number of ether oxygens (including phenoxy) is 1. The summed E-state index contributed by atoms with van der Waals surface area (Å²) >= 11 is 0. The average Bonchev–Trinajstić information content (AvgIpc) is 2.45. The summed E-state index contributed by atoms with van der Waals surface area (Å²) in [6.07, 6.45) is 3.78. The van der Waals surface area contributed by atoms with Gasteiger partial charge in [-0.2, -0.15) is 4.98 Å². The van der Waals surface area contributed by atoms with Gasteiger partial charge in [0.2, 0.25) is 5.88 Å². The molecule has 0 spiro atoms. The van der Waals surface area contributed by atoms with E-state index in [0.29, 0.717) is 18.5 Å². The van der Waals surface area contributed by atoms with Crippen LogP contribution >= 0.6 is 0 Å². The molecule has 1 unspecified atom stereocenters. The molecular formula is C16H28N4O. The molecule has 1 atom stereocenters. The van der Waals surface area contributed by atoms with Crippen molar-refractivity contribution in [1.29, 1.82) is 0 Å². The predicted octanol–water partition coefficient (Wildman–Crippen LogP) is 2.68. The van der Waals surface area contributed by atoms with E-state index in [1.807, 2.05) is 13.1 Å². The van der Waals surface area contributed by atoms with Crippen molar-refractivity contribution < 1.29 is 4.74 Å². The SMILES string of the molecule is CNc1cc(OCC2CCCCN2C)nc(C(C)(C)C)n1. The average molecular weight is 292 g/mol. The minimum absolute atomic E-state index is 0.0907. The van der Waals surface area contributed by atoms with Crippen LogP contribution in [0.3, 0.4) is 0 Å². The van der Waals surface area contributed by atoms with Gasteiger partial charge in [0, 0.05) is 24.6 Å². The van der Waals surface area contributed by atoms with Crippen molar-refractivity contribution >= 4 is 5.82 Å². The molecule has 1 aliphatic rings. The maximum atomic E-state index is 5.96. The molecule has 1 saturated heterocycles. The van der Waals surface area contributed by atoms with Gasteiger partial charge in [0.15, 0.2) is 0 Å². The van der Waals surface area contributed by atoms with Gasteiger partial charge in [0.25, 0.3) is 0 Å². The molecule has 118 valence electrons. The van der Waals surface area contributed by atoms with E-state index < -0.39 is 0 Å². The van der Waals surface area contributed by atoms with Gasteiger partial charge in [0.05, 0.1) is 0 Å². The fraction of sp³-hybridized carbons (Fsp3) is 0.750. The van der Waals surface area contributed by atoms with Gasteiger partial charge in [0.1, 0.15) is 18.2 Å². The maximum Gasteiger partial charge on any atom is 0.218 e. The number of hydrogen-bond acceptors (Lipinski definition) is 5. The van der Waals surface area contributed by atoms with Crippen LogP contribution in [0, 0.1) is 0 Å². The molecule has 2 heterocycles. The Bertz CT molecular complexity index is 470. The molecule has 1 aromatic rings. The number of nitrogens with zero attached hydrogens (tertiary/aromatic N) is 3. The number of anilines is 1. The van der Waals surface area contributed by atoms with Gasteiger partial charge < -0.3 is 15.0 Å². The summed E-state index contributed by atoms with van der Waals surface area (Å²) in [7, 11) is 4.04. The summed E-state index contributed by atoms with van der Waals surface area (Å²) in [6.45, 7) is 8.19. The van der Waals surface area contributed by atoms with E-state index in [1.165, 1.54) is 19.3 Å². The highest BCUT2D eigenvalue weighted by atomic mass is 16.5. The first-order valence-electron chi connectivity index (χ1n) is 7.80. The predicted molar refractivity (Wildman–Crippen MR) is 86.0 cm³/mol. The van der Waals surface area contributed by atoms with Crippen molar-refractivity contribution in [3.05, 3.63) is 11.9 Å². The van der Waals surface area contributed by atoms with Crippen LogP contribution in [-0.4, -0.2) is 48.2 Å². The van der Waals surface area contributed by atoms with E-state index in [-0.39, 0.29) is 5.41 Å². The molecule has 2 rings (SSSR count). The highest BCUT2D eigenvalue weighted by Gasteiger charge is 2.22. The minimum Gasteiger partial charge on any atom is -0.476 e. The van der Waals surface area contributed by atoms with E-state index >= 15 is 0 Å². The number of hydrogen-bond donors (Lipinski definition) is 1. The molecule has 0 aliphatic carbocycles. The Morgan fingerprint density at radius 1 is 1.33 bits per heavy atom. The van der Waals surface area contributed by atoms with Gasteiger partial charge in [-0.25, -0.2) is 4.98 Å². The lowest BCUT2D eigenvalue weighted by Crippen LogP contribution is -2.40. The maximum absolute atomic E-state index is 5.96. The van der Waals surface area contributed by atoms with Gasteiger partial charge in [-0.3, -0.25) is 0 Å². The summed E-state index contributed by atoms with van der Waals surface area (Å²) < 4.78 is 5.96. The van der Waals surface area contributed by atoms with Crippen molar-refractivity contribution in [2.75, 3.05) is 32.6 Å². The smallest absolute Gasteiger partial charge is 0.218 e. The quantitative estimate of drug-likeness (QED) is 0.924. The lowest BCUT2D eigenvalue weighted by molar-refractivity contribution is 0.122. The van der Waals surface area contributed by atoms with Crippen molar-refractivity contribution in [2.45, 2.75) is 51.5 Å². The molecule has 1 fully saturated rings. The number of likely N-dealkylation sites (tertiary alicyclic amines) is 1. The van der Waals surface area contributed by atoms with Crippen LogP contribution in [0.15, 0.2) is 6.07 Å². The molecule has 5 nitrogen and oxygen atoms in total. The molecule has 0 saturated carbocycles. The van der Waals surface area contributed by atoms with Gasteiger partial charge in [-0.05, 0) is 26.4 Å². The Kier molecular flexibility index (Phi) is 5.04. The summed E-state index contributed by atoms with van der Waals surface area (Å²) in [4.78, 5) is 11.5. The van der Waals surface area contributed by atoms with Crippen molar-refractivity contribution in [2.24, 2.45) is 0 Å². The van der Waals surface area contributed by atoms with Crippen LogP contribution in [0.5, 0.6) is 5.88 Å². The van der Waals surface area contributed by atoms with Gasteiger partial charge >= 0.3 is 0 Å². The second-order valence-electron chi connectivity index (χ2n) is 6.86. The molecule has 0 aromatic carbocycles. The lowest BCUT2D eigenvalue weighted by atomic mass is 9.96. The number of likely N-dealkylation sites (N-methyl/N-ethyl adjacent to an activating group) is 1. The Morgan fingerprint density at radius 3 is 2.71 bits per heavy atom. The molecule has 0 bridgehead atoms. The molecule has 1 aromatic heterocycles. The second-order valence-corrected chi connectivity index (χ2v) is 6.86. The van der Waals surface area contributed by atoms with Crippen LogP contribution in [0.1, 0.15) is 45.9 Å². The van der Waals surface area contributed by atoms with Gasteiger partial charge in [-0.1, -0.05) is 27.2 Å². The first-order chi connectivity index (χ1) is 9.90. The molecule has 21 heavy (non-hydrogen) atoms. The largest absolute Gasteiger partial charge is 0.476 e. The van der Waals surface area contributed by atoms with Crippen LogP contribution in [0.2, 0.25) is 0 Å². The van der Waals surface area contributed by atoms with E-state index in [1.54, 1.807) is 0 Å². The van der Waals surface area contributed by atoms with E-state index in [2.05, 4.69) is 48.0 Å². The number of piperidine rings is 1. The summed E-state index contributed by atoms with van der Waals surface area (Å²) in [6, 6.07) is 2.36. The van der Waals surface area contributed by atoms with E-state index in [9.17, 15) is 0 Å². The third-order valence-corrected chi connectivity index (χ3v) is 3.97. The monoisotopic (exact) mass is 292 g/mol. The van der Waals surface area contributed by atoms with Crippen LogP contribution in [0.25, 0.3) is 0 Å². The normalized spacial score (nSPS) is 20.3. The summed E-state index contributed by atoms with van der Waals surface area (Å²) in [5, 5.41) is 3.09. The highest BCUT2D eigenvalue weighted by Crippen LogP contribution is 2.24. The third-order valence-electron chi connectivity index (χ3n) is 3.97. The summed E-state index contributed by atoms with van der Waals surface area (Å²) in [5.74, 6) is 2.28. The highest BCUT2D eigenvalue weighted by molar-refractivity contribution is 5.38. The standard InChI is InChI=1S/C16H28N4O/c1-16(2,3)15-18-13(17-4)10-14(19-15)21-11-12-8-6-7-9-20(12)5/h10,12H,6-9,11H2,1-5H3,(H,17,18,19). The Balaban J connectivity index is 2.08. The zero-order chi connectivity index (χ0) is 15.5. The van der Waals surface area contributed by atoms with E-state index in [0.717, 1.165) is 18.2 Å². The Hall–Kier alpha value is -1.36. The zero-order valence-electron chi connectivity index (χ0n) is 13.9. The number of aromatic nitrogens is 2. The van der Waals surface area contributed by atoms with E-state index in [4.69, 9.17) is 4.74 Å². The fourth-order valence-corrected chi connectivity index (χ4v) is 2.50. The molecular weight excluding hydrogens is 264 g/mol. The third kappa shape index (κ3) is 4.30. The van der Waals surface area contributed by atoms with Crippen molar-refractivity contribution in [3.63, 3.8) is 0 Å². The van der Waals surface area contributed by atoms with Crippen LogP contribution < -0.4 is 10.1 Å². The lowest BCUT2D eigenvalue weighted by Gasteiger charge is -2.32. The summed E-state index contributed by atoms with van der Waals surface area (Å²) in [5.41, 5.74) is -0.0907. The topological polar surface area (TPSA) is 50.3 Å². The van der Waals surface area contributed by atoms with Crippen molar-refractivity contribution in [1.82, 2.24) is 14.9 Å². The van der Waals surface area contributed by atoms with Gasteiger partial charge in [-0.15, -0.1) is 0 Å². The van der Waals surface area contributed by atoms with Crippen LogP contribution in [0.4, 0.5) is 5.82 Å². The Morgan fingerprint density at radius 2 is 2.10 bits per heavy atom. The fourth-order valence-electron chi connectivity index (χ4n) is 2.50. The molecule has 0 amide bonds. The Labute approximate surface area is 128 Å². The van der Waals surface area contributed by atoms with Crippen LogP contribution in [-0.2, 0) is 5.41 Å². The second kappa shape index (κ2) is 6.60. The first-order valence-corrected chi connectivity index (χ1v) is 7.80. The number of nitrogens with one attached hydrogen (secondary N) is 1. The zero-order valence-corrected chi connectivity index (χ0v) is 13.9. The molecule has 1 aliphatic heterocycles. The molecule has 1 N–H and O–H groups in total. The molecule has 0 radical (unpaired) electrons. The van der Waals surface area contributed by atoms with Crippen molar-refractivity contribution in [3.8, 4) is 5.88 Å².